The van der Waals surface area contributed by atoms with Crippen molar-refractivity contribution in [1.29, 1.82) is 0 Å². The van der Waals surface area contributed by atoms with Crippen molar-refractivity contribution in [2.45, 2.75) is 46.3 Å². The van der Waals surface area contributed by atoms with Gasteiger partial charge in [-0.1, -0.05) is 60.0 Å². The molecule has 47 heavy (non-hydrogen) atoms. The smallest absolute Gasteiger partial charge is 0.338 e. The lowest BCUT2D eigenvalue weighted by Crippen LogP contribution is -2.18. The third kappa shape index (κ3) is 9.21. The summed E-state index contributed by atoms with van der Waals surface area (Å²) in [5.74, 6) is -1.55. The number of carboxylic acid groups (broad SMARTS) is 2. The van der Waals surface area contributed by atoms with Crippen LogP contribution in [-0.4, -0.2) is 61.0 Å². The Morgan fingerprint density at radius 2 is 1.30 bits per heavy atom. The van der Waals surface area contributed by atoms with Crippen LogP contribution in [0.1, 0.15) is 72.9 Å². The van der Waals surface area contributed by atoms with E-state index in [1.807, 2.05) is 32.9 Å². The van der Waals surface area contributed by atoms with Crippen LogP contribution < -0.4 is 5.73 Å². The number of carboxylic acids is 2. The molecule has 12 heteroatoms. The Hall–Kier alpha value is -5.62. The summed E-state index contributed by atoms with van der Waals surface area (Å²) in [6, 6.07) is 20.8. The van der Waals surface area contributed by atoms with Crippen LogP contribution in [0.4, 0.5) is 5.82 Å². The molecule has 1 fully saturated rings. The highest BCUT2D eigenvalue weighted by Gasteiger charge is 2.36. The molecular weight excluding hydrogens is 602 g/mol. The Balaban J connectivity index is 0.000000204. The molecule has 5 aromatic rings. The Bertz CT molecular complexity index is 1770. The van der Waals surface area contributed by atoms with E-state index < -0.39 is 11.9 Å². The van der Waals surface area contributed by atoms with E-state index in [2.05, 4.69) is 27.1 Å². The second kappa shape index (κ2) is 15.6. The second-order valence-corrected chi connectivity index (χ2v) is 11.3. The van der Waals surface area contributed by atoms with Crippen molar-refractivity contribution < 1.29 is 34.1 Å². The van der Waals surface area contributed by atoms with Crippen molar-refractivity contribution in [1.82, 2.24) is 20.2 Å². The third-order valence-corrected chi connectivity index (χ3v) is 7.45. The lowest BCUT2D eigenvalue weighted by atomic mass is 9.99. The van der Waals surface area contributed by atoms with Gasteiger partial charge in [0.05, 0.1) is 28.5 Å². The standard InChI is InChI=1S/C19H21N5O3.2C8H8O2/c1-10-3-5-12(6-4-10)19(25)26-8-13-7-11(2)17(27-13)15-14-16(24-23-15)18(20)22-9-21-14;2*1-6-2-4-7(5-3-6)8(9)10/h3-6,9,11,13,17H,7-8H2,1-2H3,(H,23,24)(H2,20,21,22);2*2-5H,1H3,(H,9,10)/t11-,13-,17+;;/m0../s1. The zero-order valence-corrected chi connectivity index (χ0v) is 26.5. The molecule has 5 N–H and O–H groups in total. The highest BCUT2D eigenvalue weighted by Crippen LogP contribution is 2.39. The van der Waals surface area contributed by atoms with Gasteiger partial charge in [0, 0.05) is 0 Å². The van der Waals surface area contributed by atoms with Crippen molar-refractivity contribution in [3.63, 3.8) is 0 Å². The van der Waals surface area contributed by atoms with Gasteiger partial charge < -0.3 is 25.4 Å². The molecule has 0 saturated carbocycles. The Labute approximate surface area is 271 Å². The van der Waals surface area contributed by atoms with Crippen LogP contribution in [-0.2, 0) is 9.47 Å². The van der Waals surface area contributed by atoms with Crippen LogP contribution in [0, 0.1) is 26.7 Å². The van der Waals surface area contributed by atoms with E-state index in [0.717, 1.165) is 28.8 Å². The fourth-order valence-corrected chi connectivity index (χ4v) is 4.80. The van der Waals surface area contributed by atoms with Gasteiger partial charge in [0.1, 0.15) is 24.6 Å². The molecule has 0 radical (unpaired) electrons. The number of nitrogens with one attached hydrogen (secondary N) is 1. The Kier molecular flexibility index (Phi) is 11.4. The van der Waals surface area contributed by atoms with E-state index >= 15 is 0 Å². The van der Waals surface area contributed by atoms with Gasteiger partial charge in [-0.3, -0.25) is 5.10 Å². The predicted molar refractivity (Wildman–Crippen MR) is 175 cm³/mol. The molecule has 12 nitrogen and oxygen atoms in total. The summed E-state index contributed by atoms with van der Waals surface area (Å²) in [5, 5.41) is 24.1. The van der Waals surface area contributed by atoms with Gasteiger partial charge in [0.25, 0.3) is 0 Å². The first kappa shape index (κ1) is 34.3. The van der Waals surface area contributed by atoms with E-state index in [-0.39, 0.29) is 30.7 Å². The van der Waals surface area contributed by atoms with Crippen LogP contribution in [0.15, 0.2) is 79.1 Å². The molecule has 6 rings (SSSR count). The molecule has 0 unspecified atom stereocenters. The molecule has 2 aromatic heterocycles. The van der Waals surface area contributed by atoms with Crippen LogP contribution in [0.2, 0.25) is 0 Å². The fraction of sp³-hybridized carbons (Fsp3) is 0.257. The largest absolute Gasteiger partial charge is 0.478 e. The monoisotopic (exact) mass is 639 g/mol. The van der Waals surface area contributed by atoms with Crippen LogP contribution in [0.5, 0.6) is 0 Å². The van der Waals surface area contributed by atoms with Crippen molar-refractivity contribution in [2.24, 2.45) is 5.92 Å². The van der Waals surface area contributed by atoms with Gasteiger partial charge in [0.2, 0.25) is 0 Å². The number of ether oxygens (including phenoxy) is 2. The number of anilines is 1. The number of nitrogen functional groups attached to an aromatic ring is 1. The SMILES string of the molecule is Cc1ccc(C(=O)O)cc1.Cc1ccc(C(=O)O)cc1.Cc1ccc(C(=O)OC[C@@H]2C[C@H](C)[C@H](c3[nH]nc4c(N)ncnc34)O2)cc1. The van der Waals surface area contributed by atoms with E-state index in [4.69, 9.17) is 25.4 Å². The Morgan fingerprint density at radius 1 is 0.809 bits per heavy atom. The molecule has 0 bridgehead atoms. The number of H-pyrrole nitrogens is 1. The number of nitrogens with zero attached hydrogens (tertiary/aromatic N) is 3. The number of hydrogen-bond acceptors (Lipinski definition) is 9. The highest BCUT2D eigenvalue weighted by molar-refractivity contribution is 5.89. The minimum absolute atomic E-state index is 0.183. The molecule has 3 atom stereocenters. The van der Waals surface area contributed by atoms with Crippen molar-refractivity contribution in [2.75, 3.05) is 12.3 Å². The number of aromatic carboxylic acids is 2. The maximum absolute atomic E-state index is 12.2. The lowest BCUT2D eigenvalue weighted by Gasteiger charge is -2.14. The normalized spacial score (nSPS) is 16.7. The minimum atomic E-state index is -0.875. The third-order valence-electron chi connectivity index (χ3n) is 7.45. The average molecular weight is 640 g/mol. The maximum Gasteiger partial charge on any atom is 0.338 e. The number of benzene rings is 3. The molecule has 0 spiro atoms. The first-order valence-electron chi connectivity index (χ1n) is 14.9. The number of nitrogens with two attached hydrogens (primary N) is 1. The zero-order valence-electron chi connectivity index (χ0n) is 26.5. The van der Waals surface area contributed by atoms with Gasteiger partial charge in [-0.05, 0) is 69.5 Å². The molecule has 3 aromatic carbocycles. The van der Waals surface area contributed by atoms with Crippen LogP contribution >= 0.6 is 0 Å². The van der Waals surface area contributed by atoms with Crippen LogP contribution in [0.3, 0.4) is 0 Å². The van der Waals surface area contributed by atoms with E-state index in [1.54, 1.807) is 60.7 Å². The number of aromatic amines is 1. The van der Waals surface area contributed by atoms with Gasteiger partial charge in [-0.25, -0.2) is 24.4 Å². The topological polar surface area (TPSA) is 191 Å². The van der Waals surface area contributed by atoms with Gasteiger partial charge in [-0.2, -0.15) is 5.10 Å². The summed E-state index contributed by atoms with van der Waals surface area (Å²) in [7, 11) is 0. The summed E-state index contributed by atoms with van der Waals surface area (Å²) in [6.45, 7) is 8.11. The fourth-order valence-electron chi connectivity index (χ4n) is 4.80. The van der Waals surface area contributed by atoms with Gasteiger partial charge in [0.15, 0.2) is 11.3 Å². The summed E-state index contributed by atoms with van der Waals surface area (Å²) in [4.78, 5) is 41.0. The summed E-state index contributed by atoms with van der Waals surface area (Å²) in [5.41, 5.74) is 12.3. The van der Waals surface area contributed by atoms with Crippen molar-refractivity contribution in [3.05, 3.63) is 118 Å². The lowest BCUT2D eigenvalue weighted by molar-refractivity contribution is -0.0124. The number of aromatic nitrogens is 4. The second-order valence-electron chi connectivity index (χ2n) is 11.3. The molecule has 1 aliphatic heterocycles. The molecule has 244 valence electrons. The minimum Gasteiger partial charge on any atom is -0.478 e. The number of hydrogen-bond donors (Lipinski definition) is 4. The number of rotatable bonds is 6. The molecule has 3 heterocycles. The maximum atomic E-state index is 12.2. The first-order chi connectivity index (χ1) is 22.4. The number of carbonyl (C=O) groups is 3. The van der Waals surface area contributed by atoms with Gasteiger partial charge >= 0.3 is 17.9 Å². The Morgan fingerprint density at radius 3 is 1.79 bits per heavy atom. The first-order valence-corrected chi connectivity index (χ1v) is 14.9. The average Bonchev–Trinajstić information content (AvgIpc) is 3.65. The molecule has 1 aliphatic rings. The van der Waals surface area contributed by atoms with Crippen LogP contribution in [0.25, 0.3) is 11.0 Å². The highest BCUT2D eigenvalue weighted by atomic mass is 16.6. The number of esters is 1. The molecule has 0 aliphatic carbocycles. The van der Waals surface area contributed by atoms with Gasteiger partial charge in [-0.15, -0.1) is 0 Å². The summed E-state index contributed by atoms with van der Waals surface area (Å²) < 4.78 is 11.6. The quantitative estimate of drug-likeness (QED) is 0.161. The number of carbonyl (C=O) groups excluding carboxylic acids is 1. The van der Waals surface area contributed by atoms with E-state index in [9.17, 15) is 14.4 Å². The van der Waals surface area contributed by atoms with Crippen molar-refractivity contribution >= 4 is 34.8 Å². The number of aryl methyl sites for hydroxylation is 3. The summed E-state index contributed by atoms with van der Waals surface area (Å²) >= 11 is 0. The number of fused-ring (bicyclic) bond motifs is 1. The predicted octanol–water partition coefficient (Wildman–Crippen LogP) is 5.95. The summed E-state index contributed by atoms with van der Waals surface area (Å²) in [6.07, 6.45) is 1.79. The van der Waals surface area contributed by atoms with E-state index in [0.29, 0.717) is 33.5 Å². The molecule has 1 saturated heterocycles. The zero-order chi connectivity index (χ0) is 34.1. The molecule has 0 amide bonds. The molecular formula is C35H37N5O7. The van der Waals surface area contributed by atoms with E-state index in [1.165, 1.54) is 6.33 Å². The van der Waals surface area contributed by atoms with Crippen molar-refractivity contribution in [3.8, 4) is 0 Å².